The number of methoxy groups -OCH3 is 1. The number of sulfonamides is 1. The van der Waals surface area contributed by atoms with Crippen LogP contribution in [-0.2, 0) is 26.1 Å². The van der Waals surface area contributed by atoms with Crippen LogP contribution in [-0.4, -0.2) is 38.7 Å². The number of aryl methyl sites for hydroxylation is 1. The van der Waals surface area contributed by atoms with E-state index in [0.29, 0.717) is 18.7 Å². The Morgan fingerprint density at radius 1 is 1.10 bits per heavy atom. The van der Waals surface area contributed by atoms with Gasteiger partial charge in [0, 0.05) is 43.5 Å². The average Bonchev–Trinajstić information content (AvgIpc) is 3.10. The number of hydrogen-bond acceptors (Lipinski definition) is 4. The van der Waals surface area contributed by atoms with Gasteiger partial charge in [0.25, 0.3) is 0 Å². The molecule has 1 atom stereocenters. The standard InChI is InChI=1S/C21H25N3O4S/c1-16(15-28-2)23-29(26,27)19-9-7-18(8-10-19)22-21(25)12-14-24-13-11-17-5-3-4-6-20(17)24/h3-11,13,16,23H,12,14-15H2,1-2H3,(H,22,25). The van der Waals surface area contributed by atoms with Crippen LogP contribution < -0.4 is 10.0 Å². The first-order valence-electron chi connectivity index (χ1n) is 9.34. The molecule has 0 bridgehead atoms. The van der Waals surface area contributed by atoms with Crippen LogP contribution in [0.5, 0.6) is 0 Å². The number of para-hydroxylation sites is 1. The number of hydrogen-bond donors (Lipinski definition) is 2. The highest BCUT2D eigenvalue weighted by molar-refractivity contribution is 7.89. The van der Waals surface area contributed by atoms with E-state index in [2.05, 4.69) is 10.0 Å². The first-order valence-corrected chi connectivity index (χ1v) is 10.8. The van der Waals surface area contributed by atoms with Gasteiger partial charge in [-0.3, -0.25) is 4.79 Å². The Balaban J connectivity index is 1.57. The van der Waals surface area contributed by atoms with E-state index in [1.54, 1.807) is 19.1 Å². The normalized spacial score (nSPS) is 12.8. The number of amides is 1. The van der Waals surface area contributed by atoms with Gasteiger partial charge < -0.3 is 14.6 Å². The second-order valence-electron chi connectivity index (χ2n) is 6.87. The third-order valence-corrected chi connectivity index (χ3v) is 6.09. The third kappa shape index (κ3) is 5.44. The number of aromatic nitrogens is 1. The molecule has 0 saturated heterocycles. The Kier molecular flexibility index (Phi) is 6.68. The molecular weight excluding hydrogens is 390 g/mol. The SMILES string of the molecule is COCC(C)NS(=O)(=O)c1ccc(NC(=O)CCn2ccc3ccccc32)cc1. The van der Waals surface area contributed by atoms with Gasteiger partial charge in [-0.25, -0.2) is 13.1 Å². The fourth-order valence-electron chi connectivity index (χ4n) is 3.12. The lowest BCUT2D eigenvalue weighted by Crippen LogP contribution is -2.35. The second-order valence-corrected chi connectivity index (χ2v) is 8.58. The number of carbonyl (C=O) groups excluding carboxylic acids is 1. The Hall–Kier alpha value is -2.68. The molecule has 2 N–H and O–H groups in total. The Morgan fingerprint density at radius 2 is 1.83 bits per heavy atom. The van der Waals surface area contributed by atoms with Gasteiger partial charge >= 0.3 is 0 Å². The Morgan fingerprint density at radius 3 is 2.55 bits per heavy atom. The molecule has 0 spiro atoms. The lowest BCUT2D eigenvalue weighted by molar-refractivity contribution is -0.116. The van der Waals surface area contributed by atoms with Gasteiger partial charge in [-0.05, 0) is 48.7 Å². The number of nitrogens with zero attached hydrogens (tertiary/aromatic N) is 1. The summed E-state index contributed by atoms with van der Waals surface area (Å²) in [4.78, 5) is 12.4. The molecule has 1 aromatic heterocycles. The van der Waals surface area contributed by atoms with Crippen molar-refractivity contribution in [2.75, 3.05) is 19.0 Å². The fourth-order valence-corrected chi connectivity index (χ4v) is 4.34. The summed E-state index contributed by atoms with van der Waals surface area (Å²) in [7, 11) is -2.12. The molecule has 1 heterocycles. The molecule has 1 amide bonds. The summed E-state index contributed by atoms with van der Waals surface area (Å²) in [5.41, 5.74) is 1.64. The molecule has 0 aliphatic heterocycles. The van der Waals surface area contributed by atoms with E-state index in [4.69, 9.17) is 4.74 Å². The predicted octanol–water partition coefficient (Wildman–Crippen LogP) is 2.98. The van der Waals surface area contributed by atoms with Crippen LogP contribution in [0.15, 0.2) is 65.7 Å². The smallest absolute Gasteiger partial charge is 0.240 e. The molecular formula is C21H25N3O4S. The summed E-state index contributed by atoms with van der Waals surface area (Å²) in [5.74, 6) is -0.134. The van der Waals surface area contributed by atoms with Gasteiger partial charge in [-0.15, -0.1) is 0 Å². The van der Waals surface area contributed by atoms with Gasteiger partial charge in [0.2, 0.25) is 15.9 Å². The zero-order valence-electron chi connectivity index (χ0n) is 16.5. The highest BCUT2D eigenvalue weighted by Gasteiger charge is 2.17. The second kappa shape index (κ2) is 9.21. The highest BCUT2D eigenvalue weighted by atomic mass is 32.2. The fraction of sp³-hybridized carbons (Fsp3) is 0.286. The molecule has 3 rings (SSSR count). The third-order valence-electron chi connectivity index (χ3n) is 4.48. The van der Waals surface area contributed by atoms with Crippen molar-refractivity contribution in [1.82, 2.24) is 9.29 Å². The number of ether oxygens (including phenoxy) is 1. The van der Waals surface area contributed by atoms with Crippen LogP contribution in [0.25, 0.3) is 10.9 Å². The summed E-state index contributed by atoms with van der Waals surface area (Å²) >= 11 is 0. The van der Waals surface area contributed by atoms with E-state index in [1.807, 2.05) is 41.1 Å². The monoisotopic (exact) mass is 415 g/mol. The van der Waals surface area contributed by atoms with Crippen LogP contribution in [0.3, 0.4) is 0 Å². The minimum absolute atomic E-state index is 0.134. The number of anilines is 1. The van der Waals surface area contributed by atoms with Crippen molar-refractivity contribution in [3.63, 3.8) is 0 Å². The summed E-state index contributed by atoms with van der Waals surface area (Å²) in [6.07, 6.45) is 2.28. The van der Waals surface area contributed by atoms with Crippen molar-refractivity contribution in [3.05, 3.63) is 60.8 Å². The maximum Gasteiger partial charge on any atom is 0.240 e. The first kappa shape index (κ1) is 21.0. The predicted molar refractivity (Wildman–Crippen MR) is 113 cm³/mol. The number of benzene rings is 2. The Bertz CT molecular complexity index is 1070. The van der Waals surface area contributed by atoms with Gasteiger partial charge in [-0.2, -0.15) is 0 Å². The van der Waals surface area contributed by atoms with Crippen LogP contribution in [0.2, 0.25) is 0 Å². The molecule has 154 valence electrons. The molecule has 0 radical (unpaired) electrons. The van der Waals surface area contributed by atoms with Crippen molar-refractivity contribution >= 4 is 32.5 Å². The molecule has 0 aliphatic rings. The average molecular weight is 416 g/mol. The summed E-state index contributed by atoms with van der Waals surface area (Å²) < 4.78 is 34.2. The molecule has 2 aromatic carbocycles. The minimum atomic E-state index is -3.63. The molecule has 3 aromatic rings. The maximum atomic E-state index is 12.3. The highest BCUT2D eigenvalue weighted by Crippen LogP contribution is 2.17. The molecule has 1 unspecified atom stereocenters. The maximum absolute atomic E-state index is 12.3. The van der Waals surface area contributed by atoms with E-state index < -0.39 is 10.0 Å². The molecule has 7 nitrogen and oxygen atoms in total. The van der Waals surface area contributed by atoms with Crippen molar-refractivity contribution in [1.29, 1.82) is 0 Å². The topological polar surface area (TPSA) is 89.4 Å². The van der Waals surface area contributed by atoms with Crippen LogP contribution >= 0.6 is 0 Å². The van der Waals surface area contributed by atoms with Crippen LogP contribution in [0.1, 0.15) is 13.3 Å². The van der Waals surface area contributed by atoms with E-state index in [0.717, 1.165) is 10.9 Å². The number of fused-ring (bicyclic) bond motifs is 1. The van der Waals surface area contributed by atoms with E-state index in [1.165, 1.54) is 19.2 Å². The zero-order valence-corrected chi connectivity index (χ0v) is 17.3. The lowest BCUT2D eigenvalue weighted by atomic mass is 10.2. The van der Waals surface area contributed by atoms with Gasteiger partial charge in [0.15, 0.2) is 0 Å². The number of carbonyl (C=O) groups is 1. The largest absolute Gasteiger partial charge is 0.383 e. The van der Waals surface area contributed by atoms with Crippen molar-refractivity contribution in [2.45, 2.75) is 30.8 Å². The number of nitrogens with one attached hydrogen (secondary N) is 2. The quantitative estimate of drug-likeness (QED) is 0.562. The lowest BCUT2D eigenvalue weighted by Gasteiger charge is -2.13. The van der Waals surface area contributed by atoms with Gasteiger partial charge in [-0.1, -0.05) is 18.2 Å². The summed E-state index contributed by atoms with van der Waals surface area (Å²) in [6, 6.07) is 15.8. The Labute approximate surface area is 170 Å². The van der Waals surface area contributed by atoms with Gasteiger partial charge in [0.05, 0.1) is 11.5 Å². The molecule has 8 heteroatoms. The molecule has 0 saturated carbocycles. The van der Waals surface area contributed by atoms with E-state index in [-0.39, 0.29) is 23.5 Å². The van der Waals surface area contributed by atoms with Crippen LogP contribution in [0.4, 0.5) is 5.69 Å². The minimum Gasteiger partial charge on any atom is -0.383 e. The van der Waals surface area contributed by atoms with Crippen molar-refractivity contribution in [3.8, 4) is 0 Å². The first-order chi connectivity index (χ1) is 13.9. The van der Waals surface area contributed by atoms with Crippen molar-refractivity contribution < 1.29 is 17.9 Å². The molecule has 29 heavy (non-hydrogen) atoms. The summed E-state index contributed by atoms with van der Waals surface area (Å²) in [6.45, 7) is 2.57. The number of rotatable bonds is 9. The summed E-state index contributed by atoms with van der Waals surface area (Å²) in [5, 5.41) is 3.94. The zero-order chi connectivity index (χ0) is 20.9. The van der Waals surface area contributed by atoms with Crippen molar-refractivity contribution in [2.24, 2.45) is 0 Å². The molecule has 0 aliphatic carbocycles. The van der Waals surface area contributed by atoms with Gasteiger partial charge in [0.1, 0.15) is 0 Å². The molecule has 0 fully saturated rings. The van der Waals surface area contributed by atoms with E-state index in [9.17, 15) is 13.2 Å². The van der Waals surface area contributed by atoms with E-state index >= 15 is 0 Å². The van der Waals surface area contributed by atoms with Crippen LogP contribution in [0, 0.1) is 0 Å².